The van der Waals surface area contributed by atoms with Gasteiger partial charge in [-0.15, -0.1) is 0 Å². The van der Waals surface area contributed by atoms with E-state index >= 15 is 0 Å². The third kappa shape index (κ3) is 3.21. The van der Waals surface area contributed by atoms with Crippen LogP contribution in [0, 0.1) is 0 Å². The summed E-state index contributed by atoms with van der Waals surface area (Å²) in [6.45, 7) is 0. The maximum Gasteiger partial charge on any atom is 0.416 e. The molecule has 3 aromatic carbocycles. The first kappa shape index (κ1) is 17.0. The molecule has 0 bridgehead atoms. The summed E-state index contributed by atoms with van der Waals surface area (Å²) >= 11 is 0. The van der Waals surface area contributed by atoms with E-state index in [1.165, 1.54) is 18.2 Å². The SMILES string of the molecule is O=C1OC(c2cccc3ccccc23)=N/C1=C/c1ccccc1C(F)(F)F. The van der Waals surface area contributed by atoms with Gasteiger partial charge in [-0.3, -0.25) is 0 Å². The third-order valence-corrected chi connectivity index (χ3v) is 4.20. The Balaban J connectivity index is 1.80. The molecule has 0 amide bonds. The van der Waals surface area contributed by atoms with Crippen LogP contribution in [0.2, 0.25) is 0 Å². The normalized spacial score (nSPS) is 15.9. The van der Waals surface area contributed by atoms with Gasteiger partial charge in [0.2, 0.25) is 5.90 Å². The minimum atomic E-state index is -4.53. The van der Waals surface area contributed by atoms with Crippen LogP contribution in [0.25, 0.3) is 16.8 Å². The van der Waals surface area contributed by atoms with Gasteiger partial charge >= 0.3 is 12.1 Å². The molecule has 27 heavy (non-hydrogen) atoms. The number of benzene rings is 3. The molecule has 3 aromatic rings. The second-order valence-corrected chi connectivity index (χ2v) is 5.95. The van der Waals surface area contributed by atoms with Crippen LogP contribution in [-0.4, -0.2) is 11.9 Å². The lowest BCUT2D eigenvalue weighted by atomic mass is 10.0. The minimum Gasteiger partial charge on any atom is -0.402 e. The number of halogens is 3. The largest absolute Gasteiger partial charge is 0.416 e. The topological polar surface area (TPSA) is 38.7 Å². The molecule has 134 valence electrons. The molecule has 0 aromatic heterocycles. The number of fused-ring (bicyclic) bond motifs is 1. The fourth-order valence-corrected chi connectivity index (χ4v) is 2.96. The number of ether oxygens (including phenoxy) is 1. The number of nitrogens with zero attached hydrogens (tertiary/aromatic N) is 1. The van der Waals surface area contributed by atoms with Crippen LogP contribution in [0.5, 0.6) is 0 Å². The molecule has 3 nitrogen and oxygen atoms in total. The molecule has 0 unspecified atom stereocenters. The molecule has 6 heteroatoms. The molecule has 1 aliphatic rings. The molecule has 0 atom stereocenters. The Morgan fingerprint density at radius 2 is 1.59 bits per heavy atom. The van der Waals surface area contributed by atoms with Crippen molar-refractivity contribution in [1.29, 1.82) is 0 Å². The van der Waals surface area contributed by atoms with Gasteiger partial charge in [-0.2, -0.15) is 13.2 Å². The van der Waals surface area contributed by atoms with Crippen molar-refractivity contribution in [3.8, 4) is 0 Å². The van der Waals surface area contributed by atoms with Gasteiger partial charge in [0.1, 0.15) is 0 Å². The minimum absolute atomic E-state index is 0.0764. The van der Waals surface area contributed by atoms with Gasteiger partial charge in [0.15, 0.2) is 5.70 Å². The second kappa shape index (κ2) is 6.39. The first-order valence-electron chi connectivity index (χ1n) is 8.10. The molecule has 0 radical (unpaired) electrons. The van der Waals surface area contributed by atoms with Crippen molar-refractivity contribution < 1.29 is 22.7 Å². The lowest BCUT2D eigenvalue weighted by Gasteiger charge is -2.09. The number of cyclic esters (lactones) is 1. The van der Waals surface area contributed by atoms with Crippen LogP contribution in [-0.2, 0) is 15.7 Å². The van der Waals surface area contributed by atoms with E-state index in [9.17, 15) is 18.0 Å². The summed E-state index contributed by atoms with van der Waals surface area (Å²) in [7, 11) is 0. The monoisotopic (exact) mass is 367 g/mol. The summed E-state index contributed by atoms with van der Waals surface area (Å²) in [5, 5.41) is 1.78. The molecule has 0 saturated carbocycles. The Labute approximate surface area is 152 Å². The van der Waals surface area contributed by atoms with Crippen molar-refractivity contribution in [3.63, 3.8) is 0 Å². The highest BCUT2D eigenvalue weighted by molar-refractivity contribution is 6.17. The van der Waals surface area contributed by atoms with Gasteiger partial charge in [0.05, 0.1) is 5.56 Å². The number of hydrogen-bond donors (Lipinski definition) is 0. The zero-order valence-corrected chi connectivity index (χ0v) is 13.8. The molecule has 0 N–H and O–H groups in total. The van der Waals surface area contributed by atoms with Crippen molar-refractivity contribution >= 4 is 28.7 Å². The quantitative estimate of drug-likeness (QED) is 0.461. The highest BCUT2D eigenvalue weighted by Crippen LogP contribution is 2.33. The Morgan fingerprint density at radius 3 is 2.41 bits per heavy atom. The molecule has 0 saturated heterocycles. The second-order valence-electron chi connectivity index (χ2n) is 5.95. The summed E-state index contributed by atoms with van der Waals surface area (Å²) in [5.74, 6) is -0.706. The molecule has 0 aliphatic carbocycles. The van der Waals surface area contributed by atoms with Crippen LogP contribution in [0.3, 0.4) is 0 Å². The lowest BCUT2D eigenvalue weighted by Crippen LogP contribution is -2.08. The van der Waals surface area contributed by atoms with E-state index < -0.39 is 17.7 Å². The Bertz CT molecular complexity index is 1110. The van der Waals surface area contributed by atoms with Gasteiger partial charge in [0.25, 0.3) is 0 Å². The van der Waals surface area contributed by atoms with E-state index in [4.69, 9.17) is 4.74 Å². The van der Waals surface area contributed by atoms with Crippen molar-refractivity contribution in [2.24, 2.45) is 4.99 Å². The zero-order valence-electron chi connectivity index (χ0n) is 13.8. The van der Waals surface area contributed by atoms with E-state index in [0.29, 0.717) is 5.56 Å². The van der Waals surface area contributed by atoms with Gasteiger partial charge in [-0.25, -0.2) is 9.79 Å². The third-order valence-electron chi connectivity index (χ3n) is 4.20. The Kier molecular flexibility index (Phi) is 4.03. The summed E-state index contributed by atoms with van der Waals surface area (Å²) in [4.78, 5) is 16.3. The smallest absolute Gasteiger partial charge is 0.402 e. The number of esters is 1. The molecular weight excluding hydrogens is 355 g/mol. The number of hydrogen-bond acceptors (Lipinski definition) is 3. The highest BCUT2D eigenvalue weighted by atomic mass is 19.4. The van der Waals surface area contributed by atoms with Crippen molar-refractivity contribution in [2.45, 2.75) is 6.18 Å². The summed E-state index contributed by atoms with van der Waals surface area (Å²) in [6, 6.07) is 18.0. The summed E-state index contributed by atoms with van der Waals surface area (Å²) in [5.41, 5.74) is -0.539. The van der Waals surface area contributed by atoms with Gasteiger partial charge in [0, 0.05) is 5.56 Å². The number of aliphatic imine (C=N–C) groups is 1. The fraction of sp³-hybridized carbons (Fsp3) is 0.0476. The van der Waals surface area contributed by atoms with Crippen LogP contribution in [0.1, 0.15) is 16.7 Å². The summed E-state index contributed by atoms with van der Waals surface area (Å²) in [6.07, 6.45) is -3.43. The van der Waals surface area contributed by atoms with Crippen LogP contribution in [0.15, 0.2) is 77.4 Å². The average Bonchev–Trinajstić information content (AvgIpc) is 3.01. The standard InChI is InChI=1S/C21H12F3NO2/c22-21(23,24)17-11-4-2-7-14(17)12-18-20(26)27-19(25-18)16-10-5-8-13-6-1-3-9-15(13)16/h1-12H/b18-12+. The van der Waals surface area contributed by atoms with E-state index in [1.807, 2.05) is 30.3 Å². The first-order chi connectivity index (χ1) is 12.9. The molecule has 1 aliphatic heterocycles. The van der Waals surface area contributed by atoms with E-state index in [-0.39, 0.29) is 17.2 Å². The number of rotatable bonds is 2. The lowest BCUT2D eigenvalue weighted by molar-refractivity contribution is -0.137. The summed E-state index contributed by atoms with van der Waals surface area (Å²) < 4.78 is 44.7. The van der Waals surface area contributed by atoms with Gasteiger partial charge in [-0.05, 0) is 34.5 Å². The highest BCUT2D eigenvalue weighted by Gasteiger charge is 2.33. The predicted molar refractivity (Wildman–Crippen MR) is 96.0 cm³/mol. The van der Waals surface area contributed by atoms with Gasteiger partial charge < -0.3 is 4.74 Å². The van der Waals surface area contributed by atoms with Crippen molar-refractivity contribution in [3.05, 3.63) is 89.1 Å². The molecule has 0 fully saturated rings. The Hall–Kier alpha value is -3.41. The molecular formula is C21H12F3NO2. The van der Waals surface area contributed by atoms with Crippen LogP contribution in [0.4, 0.5) is 13.2 Å². The number of carbonyl (C=O) groups excluding carboxylic acids is 1. The number of alkyl halides is 3. The number of carbonyl (C=O) groups is 1. The van der Waals surface area contributed by atoms with Crippen molar-refractivity contribution in [1.82, 2.24) is 0 Å². The van der Waals surface area contributed by atoms with E-state index in [0.717, 1.165) is 22.9 Å². The van der Waals surface area contributed by atoms with E-state index in [1.54, 1.807) is 12.1 Å². The predicted octanol–water partition coefficient (Wildman–Crippen LogP) is 5.20. The maximum absolute atomic E-state index is 13.2. The van der Waals surface area contributed by atoms with Crippen LogP contribution >= 0.6 is 0 Å². The van der Waals surface area contributed by atoms with Crippen molar-refractivity contribution in [2.75, 3.05) is 0 Å². The molecule has 0 spiro atoms. The molecule has 4 rings (SSSR count). The first-order valence-corrected chi connectivity index (χ1v) is 8.10. The van der Waals surface area contributed by atoms with Gasteiger partial charge in [-0.1, -0.05) is 54.6 Å². The van der Waals surface area contributed by atoms with E-state index in [2.05, 4.69) is 4.99 Å². The Morgan fingerprint density at radius 1 is 0.889 bits per heavy atom. The average molecular weight is 367 g/mol. The van der Waals surface area contributed by atoms with Crippen LogP contribution < -0.4 is 0 Å². The fourth-order valence-electron chi connectivity index (χ4n) is 2.96. The zero-order chi connectivity index (χ0) is 19.0. The maximum atomic E-state index is 13.2. The molecule has 1 heterocycles.